The Hall–Kier alpha value is -1.14. The molecule has 0 aromatic heterocycles. The molecule has 3 N–H and O–H groups in total. The molecule has 0 bridgehead atoms. The average molecular weight is 246 g/mol. The van der Waals surface area contributed by atoms with Gasteiger partial charge in [-0.25, -0.2) is 0 Å². The first-order valence-electron chi connectivity index (χ1n) is 5.68. The normalized spacial score (nSPS) is 13.9. The maximum Gasteiger partial charge on any atom is 0.217 e. The van der Waals surface area contributed by atoms with Crippen LogP contribution in [0.1, 0.15) is 27.2 Å². The Kier molecular flexibility index (Phi) is 8.35. The highest BCUT2D eigenvalue weighted by atomic mass is 16.5. The maximum atomic E-state index is 10.7. The molecule has 0 heterocycles. The first-order valence-corrected chi connectivity index (χ1v) is 5.68. The molecule has 0 spiro atoms. The number of carbonyl (C=O) groups excluding carboxylic acids is 2. The molecule has 0 fully saturated rings. The molecular weight excluding hydrogens is 224 g/mol. The van der Waals surface area contributed by atoms with Crippen LogP contribution in [0.15, 0.2) is 0 Å². The summed E-state index contributed by atoms with van der Waals surface area (Å²) in [4.78, 5) is 21.5. The molecule has 6 nitrogen and oxygen atoms in total. The molecule has 0 aliphatic rings. The monoisotopic (exact) mass is 246 g/mol. The molecule has 17 heavy (non-hydrogen) atoms. The van der Waals surface area contributed by atoms with E-state index in [1.807, 2.05) is 6.92 Å². The topological polar surface area (TPSA) is 87.7 Å². The van der Waals surface area contributed by atoms with Gasteiger partial charge in [0.15, 0.2) is 0 Å². The number of ether oxygens (including phenoxy) is 1. The number of hydrogen-bond donors (Lipinski definition) is 3. The van der Waals surface area contributed by atoms with Crippen molar-refractivity contribution < 1.29 is 19.4 Å². The number of nitrogens with one attached hydrogen (secondary N) is 2. The van der Waals surface area contributed by atoms with Crippen molar-refractivity contribution in [1.29, 1.82) is 0 Å². The Morgan fingerprint density at radius 3 is 2.29 bits per heavy atom. The molecule has 0 aliphatic heterocycles. The van der Waals surface area contributed by atoms with E-state index in [0.717, 1.165) is 0 Å². The quantitative estimate of drug-likeness (QED) is 0.500. The number of rotatable bonds is 8. The highest BCUT2D eigenvalue weighted by Gasteiger charge is 2.09. The Labute approximate surface area is 102 Å². The Bertz CT molecular complexity index is 246. The summed E-state index contributed by atoms with van der Waals surface area (Å²) < 4.78 is 5.31. The van der Waals surface area contributed by atoms with Crippen molar-refractivity contribution in [3.8, 4) is 0 Å². The molecule has 0 saturated heterocycles. The molecule has 0 aliphatic carbocycles. The minimum Gasteiger partial charge on any atom is -0.394 e. The van der Waals surface area contributed by atoms with Gasteiger partial charge in [-0.3, -0.25) is 9.59 Å². The Morgan fingerprint density at radius 2 is 1.82 bits per heavy atom. The molecule has 6 heteroatoms. The molecule has 0 aromatic rings. The Morgan fingerprint density at radius 1 is 1.24 bits per heavy atom. The van der Waals surface area contributed by atoms with Crippen molar-refractivity contribution in [1.82, 2.24) is 10.6 Å². The van der Waals surface area contributed by atoms with Gasteiger partial charge < -0.3 is 20.5 Å². The maximum absolute atomic E-state index is 10.7. The van der Waals surface area contributed by atoms with Gasteiger partial charge in [0.1, 0.15) is 0 Å². The van der Waals surface area contributed by atoms with E-state index in [9.17, 15) is 9.59 Å². The van der Waals surface area contributed by atoms with E-state index in [1.54, 1.807) is 0 Å². The van der Waals surface area contributed by atoms with Crippen LogP contribution in [0.2, 0.25) is 0 Å². The van der Waals surface area contributed by atoms with E-state index < -0.39 is 0 Å². The zero-order chi connectivity index (χ0) is 13.3. The smallest absolute Gasteiger partial charge is 0.217 e. The second-order valence-electron chi connectivity index (χ2n) is 4.05. The van der Waals surface area contributed by atoms with Crippen LogP contribution in [-0.4, -0.2) is 48.8 Å². The lowest BCUT2D eigenvalue weighted by atomic mass is 10.2. The predicted octanol–water partition coefficient (Wildman–Crippen LogP) is -0.585. The van der Waals surface area contributed by atoms with E-state index in [2.05, 4.69) is 10.6 Å². The third-order valence-corrected chi connectivity index (χ3v) is 2.09. The molecule has 0 aromatic carbocycles. The zero-order valence-electron chi connectivity index (χ0n) is 10.7. The molecule has 2 atom stereocenters. The molecule has 0 saturated carbocycles. The van der Waals surface area contributed by atoms with E-state index in [0.29, 0.717) is 13.0 Å². The molecule has 0 radical (unpaired) electrons. The number of hydrogen-bond acceptors (Lipinski definition) is 4. The van der Waals surface area contributed by atoms with E-state index in [1.165, 1.54) is 13.8 Å². The van der Waals surface area contributed by atoms with Gasteiger partial charge in [-0.15, -0.1) is 0 Å². The third-order valence-electron chi connectivity index (χ3n) is 2.09. The number of aliphatic hydroxyl groups excluding tert-OH is 1. The standard InChI is InChI=1S/C11H22N2O4/c1-8(12-9(2)15)4-5-17-7-11(6-14)13-10(3)16/h8,11,14H,4-7H2,1-3H3,(H,12,15)(H,13,16)/t8-,11-/m0/s1. The number of aliphatic hydroxyl groups is 1. The molecule has 100 valence electrons. The minimum absolute atomic E-state index is 0.0563. The second-order valence-corrected chi connectivity index (χ2v) is 4.05. The van der Waals surface area contributed by atoms with Gasteiger partial charge in [0.05, 0.1) is 19.3 Å². The van der Waals surface area contributed by atoms with Crippen molar-refractivity contribution >= 4 is 11.8 Å². The summed E-state index contributed by atoms with van der Waals surface area (Å²) in [5.74, 6) is -0.261. The van der Waals surface area contributed by atoms with Gasteiger partial charge in [-0.05, 0) is 13.3 Å². The first kappa shape index (κ1) is 15.9. The van der Waals surface area contributed by atoms with Gasteiger partial charge in [0.25, 0.3) is 0 Å². The van der Waals surface area contributed by atoms with Crippen LogP contribution in [0.3, 0.4) is 0 Å². The van der Waals surface area contributed by atoms with Crippen LogP contribution in [-0.2, 0) is 14.3 Å². The van der Waals surface area contributed by atoms with Crippen LogP contribution < -0.4 is 10.6 Å². The number of amides is 2. The van der Waals surface area contributed by atoms with Gasteiger partial charge in [-0.2, -0.15) is 0 Å². The second kappa shape index (κ2) is 8.95. The van der Waals surface area contributed by atoms with Crippen molar-refractivity contribution in [3.63, 3.8) is 0 Å². The number of carbonyl (C=O) groups is 2. The van der Waals surface area contributed by atoms with Crippen LogP contribution in [0.4, 0.5) is 0 Å². The van der Waals surface area contributed by atoms with E-state index >= 15 is 0 Å². The fourth-order valence-electron chi connectivity index (χ4n) is 1.33. The molecular formula is C11H22N2O4. The summed E-state index contributed by atoms with van der Waals surface area (Å²) in [5, 5.41) is 14.3. The van der Waals surface area contributed by atoms with Crippen molar-refractivity contribution in [2.24, 2.45) is 0 Å². The fourth-order valence-corrected chi connectivity index (χ4v) is 1.33. The third kappa shape index (κ3) is 9.77. The van der Waals surface area contributed by atoms with Gasteiger partial charge in [0.2, 0.25) is 11.8 Å². The summed E-state index contributed by atoms with van der Waals surface area (Å²) in [6.45, 7) is 5.33. The van der Waals surface area contributed by atoms with Crippen LogP contribution in [0.25, 0.3) is 0 Å². The zero-order valence-corrected chi connectivity index (χ0v) is 10.7. The highest BCUT2D eigenvalue weighted by molar-refractivity contribution is 5.73. The SMILES string of the molecule is CC(=O)N[C@@H](CO)COCC[C@H](C)NC(C)=O. The molecule has 0 rings (SSSR count). The summed E-state index contributed by atoms with van der Waals surface area (Å²) >= 11 is 0. The predicted molar refractivity (Wildman–Crippen MR) is 63.4 cm³/mol. The van der Waals surface area contributed by atoms with Crippen LogP contribution in [0.5, 0.6) is 0 Å². The van der Waals surface area contributed by atoms with Gasteiger partial charge in [0, 0.05) is 26.5 Å². The van der Waals surface area contributed by atoms with Crippen molar-refractivity contribution in [2.45, 2.75) is 39.3 Å². The lowest BCUT2D eigenvalue weighted by Crippen LogP contribution is -2.40. The van der Waals surface area contributed by atoms with Gasteiger partial charge in [-0.1, -0.05) is 0 Å². The first-order chi connectivity index (χ1) is 7.95. The molecule has 0 unspecified atom stereocenters. The summed E-state index contributed by atoms with van der Waals surface area (Å²) in [7, 11) is 0. The largest absolute Gasteiger partial charge is 0.394 e. The minimum atomic E-state index is -0.372. The highest BCUT2D eigenvalue weighted by Crippen LogP contribution is 1.93. The Balaban J connectivity index is 3.61. The van der Waals surface area contributed by atoms with Crippen LogP contribution in [0, 0.1) is 0 Å². The molecule has 2 amide bonds. The lowest BCUT2D eigenvalue weighted by Gasteiger charge is -2.16. The van der Waals surface area contributed by atoms with Crippen molar-refractivity contribution in [2.75, 3.05) is 19.8 Å². The fraction of sp³-hybridized carbons (Fsp3) is 0.818. The average Bonchev–Trinajstić information content (AvgIpc) is 2.20. The summed E-state index contributed by atoms with van der Waals surface area (Å²) in [5.41, 5.74) is 0. The van der Waals surface area contributed by atoms with Crippen LogP contribution >= 0.6 is 0 Å². The van der Waals surface area contributed by atoms with Gasteiger partial charge >= 0.3 is 0 Å². The summed E-state index contributed by atoms with van der Waals surface area (Å²) in [6, 6.07) is -0.315. The lowest BCUT2D eigenvalue weighted by molar-refractivity contribution is -0.121. The van der Waals surface area contributed by atoms with Crippen molar-refractivity contribution in [3.05, 3.63) is 0 Å². The van der Waals surface area contributed by atoms with E-state index in [4.69, 9.17) is 9.84 Å². The summed E-state index contributed by atoms with van der Waals surface area (Å²) in [6.07, 6.45) is 0.692. The van der Waals surface area contributed by atoms with E-state index in [-0.39, 0.29) is 37.1 Å².